The minimum Gasteiger partial charge on any atom is -0.355 e. The van der Waals surface area contributed by atoms with Gasteiger partial charge in [0.05, 0.1) is 23.7 Å². The fourth-order valence-corrected chi connectivity index (χ4v) is 5.69. The van der Waals surface area contributed by atoms with Crippen LogP contribution in [0, 0.1) is 24.2 Å². The maximum absolute atomic E-state index is 13.8. The second-order valence-corrected chi connectivity index (χ2v) is 9.86. The van der Waals surface area contributed by atoms with Gasteiger partial charge < -0.3 is 14.4 Å². The third kappa shape index (κ3) is 3.63. The number of hydrogen-bond donors (Lipinski definition) is 0. The molecule has 0 aliphatic carbocycles. The first-order valence-electron chi connectivity index (χ1n) is 12.4. The second-order valence-electron chi connectivity index (χ2n) is 9.86. The predicted molar refractivity (Wildman–Crippen MR) is 134 cm³/mol. The highest BCUT2D eigenvalue weighted by Gasteiger charge is 2.32. The van der Waals surface area contributed by atoms with Crippen LogP contribution in [0.4, 0.5) is 5.82 Å². The number of aromatic nitrogens is 4. The van der Waals surface area contributed by atoms with Crippen molar-refractivity contribution in [3.05, 3.63) is 59.5 Å². The van der Waals surface area contributed by atoms with Gasteiger partial charge in [0, 0.05) is 67.2 Å². The third-order valence-corrected chi connectivity index (χ3v) is 7.56. The molecule has 0 bridgehead atoms. The summed E-state index contributed by atoms with van der Waals surface area (Å²) in [7, 11) is 2.00. The molecule has 0 saturated carbocycles. The van der Waals surface area contributed by atoms with Crippen molar-refractivity contribution in [2.45, 2.75) is 38.6 Å². The Kier molecular flexibility index (Phi) is 5.21. The van der Waals surface area contributed by atoms with Gasteiger partial charge in [0.1, 0.15) is 5.82 Å². The summed E-state index contributed by atoms with van der Waals surface area (Å²) < 4.78 is 3.88. The van der Waals surface area contributed by atoms with Crippen LogP contribution in [-0.2, 0) is 7.05 Å². The van der Waals surface area contributed by atoms with Crippen molar-refractivity contribution in [3.63, 3.8) is 0 Å². The molecule has 2 aliphatic rings. The molecule has 1 amide bonds. The molecule has 4 aromatic rings. The molecule has 0 N–H and O–H groups in total. The minimum absolute atomic E-state index is 0.0591. The van der Waals surface area contributed by atoms with E-state index in [9.17, 15) is 10.1 Å². The number of likely N-dealkylation sites (tertiary alicyclic amines) is 1. The standard InChI is InChI=1S/C27H29N7O/c1-18-16-34-25(29-26(18)32-13-9-19(15-28)17-32)14-22(30-34)24-7-3-4-11-33(24)27(35)21-6-5-8-23-20(21)10-12-31(23)2/h5-6,8,10,12,14,16,19,24H,3-4,7,9,11,13,17H2,1-2H3. The lowest BCUT2D eigenvalue weighted by Crippen LogP contribution is -2.38. The monoisotopic (exact) mass is 467 g/mol. The summed E-state index contributed by atoms with van der Waals surface area (Å²) in [6.45, 7) is 4.33. The van der Waals surface area contributed by atoms with Crippen LogP contribution in [0.2, 0.25) is 0 Å². The summed E-state index contributed by atoms with van der Waals surface area (Å²) in [5.74, 6) is 1.05. The van der Waals surface area contributed by atoms with Crippen LogP contribution in [0.1, 0.15) is 53.3 Å². The molecule has 2 unspecified atom stereocenters. The number of anilines is 1. The number of carbonyl (C=O) groups excluding carboxylic acids is 1. The minimum atomic E-state index is -0.0737. The van der Waals surface area contributed by atoms with Crippen LogP contribution < -0.4 is 4.90 Å². The summed E-state index contributed by atoms with van der Waals surface area (Å²) in [6, 6.07) is 12.3. The van der Waals surface area contributed by atoms with Gasteiger partial charge in [0.25, 0.3) is 5.91 Å². The van der Waals surface area contributed by atoms with E-state index in [0.29, 0.717) is 0 Å². The van der Waals surface area contributed by atoms with Crippen LogP contribution in [0.5, 0.6) is 0 Å². The maximum atomic E-state index is 13.8. The SMILES string of the molecule is Cc1cn2nc(C3CCCCN3C(=O)c3cccc4c3ccn4C)cc2nc1N1CCC(C#N)C1. The van der Waals surface area contributed by atoms with Gasteiger partial charge in [0.2, 0.25) is 0 Å². The van der Waals surface area contributed by atoms with E-state index >= 15 is 0 Å². The lowest BCUT2D eigenvalue weighted by molar-refractivity contribution is 0.0608. The molecule has 8 heteroatoms. The van der Waals surface area contributed by atoms with E-state index in [2.05, 4.69) is 11.0 Å². The Labute approximate surface area is 204 Å². The Bertz CT molecular complexity index is 1480. The summed E-state index contributed by atoms with van der Waals surface area (Å²) in [6.07, 6.45) is 7.85. The Balaban J connectivity index is 1.34. The molecule has 3 aromatic heterocycles. The summed E-state index contributed by atoms with van der Waals surface area (Å²) in [4.78, 5) is 22.9. The number of fused-ring (bicyclic) bond motifs is 2. The highest BCUT2D eigenvalue weighted by molar-refractivity contribution is 6.06. The van der Waals surface area contributed by atoms with Crippen LogP contribution in [-0.4, -0.2) is 49.6 Å². The molecule has 1 aromatic carbocycles. The Morgan fingerprint density at radius 1 is 1.17 bits per heavy atom. The van der Waals surface area contributed by atoms with Crippen molar-refractivity contribution in [1.82, 2.24) is 24.1 Å². The third-order valence-electron chi connectivity index (χ3n) is 7.56. The van der Waals surface area contributed by atoms with E-state index in [1.165, 1.54) is 0 Å². The normalized spacial score (nSPS) is 20.6. The lowest BCUT2D eigenvalue weighted by Gasteiger charge is -2.35. The quantitative estimate of drug-likeness (QED) is 0.450. The van der Waals surface area contributed by atoms with Gasteiger partial charge in [-0.3, -0.25) is 4.79 Å². The number of amides is 1. The van der Waals surface area contributed by atoms with Crippen molar-refractivity contribution < 1.29 is 4.79 Å². The molecule has 0 radical (unpaired) electrons. The van der Waals surface area contributed by atoms with Gasteiger partial charge in [-0.05, 0) is 50.8 Å². The number of benzene rings is 1. The molecule has 2 fully saturated rings. The van der Waals surface area contributed by atoms with Crippen LogP contribution in [0.25, 0.3) is 16.6 Å². The molecule has 2 aliphatic heterocycles. The predicted octanol–water partition coefficient (Wildman–Crippen LogP) is 4.25. The smallest absolute Gasteiger partial charge is 0.255 e. The highest BCUT2D eigenvalue weighted by Crippen LogP contribution is 2.34. The maximum Gasteiger partial charge on any atom is 0.255 e. The fraction of sp³-hybridized carbons (Fsp3) is 0.407. The van der Waals surface area contributed by atoms with Gasteiger partial charge in [-0.25, -0.2) is 9.50 Å². The van der Waals surface area contributed by atoms with Crippen molar-refractivity contribution in [1.29, 1.82) is 5.26 Å². The number of piperidine rings is 1. The Hall–Kier alpha value is -3.86. The Morgan fingerprint density at radius 3 is 2.89 bits per heavy atom. The van der Waals surface area contributed by atoms with E-state index < -0.39 is 0 Å². The van der Waals surface area contributed by atoms with Crippen molar-refractivity contribution in [3.8, 4) is 6.07 Å². The van der Waals surface area contributed by atoms with Gasteiger partial charge in [-0.1, -0.05) is 6.07 Å². The van der Waals surface area contributed by atoms with Gasteiger partial charge >= 0.3 is 0 Å². The van der Waals surface area contributed by atoms with E-state index in [4.69, 9.17) is 10.1 Å². The molecule has 2 atom stereocenters. The zero-order chi connectivity index (χ0) is 24.1. The number of nitrogens with zero attached hydrogens (tertiary/aromatic N) is 7. The van der Waals surface area contributed by atoms with E-state index in [1.807, 2.05) is 70.7 Å². The first-order chi connectivity index (χ1) is 17.0. The number of nitriles is 1. The topological polar surface area (TPSA) is 82.5 Å². The molecule has 178 valence electrons. The lowest BCUT2D eigenvalue weighted by atomic mass is 9.97. The van der Waals surface area contributed by atoms with Gasteiger partial charge in [0.15, 0.2) is 5.65 Å². The number of carbonyl (C=O) groups is 1. The van der Waals surface area contributed by atoms with Gasteiger partial charge in [-0.2, -0.15) is 10.4 Å². The van der Waals surface area contributed by atoms with Crippen LogP contribution >= 0.6 is 0 Å². The fourth-order valence-electron chi connectivity index (χ4n) is 5.69. The second kappa shape index (κ2) is 8.42. The van der Waals surface area contributed by atoms with Crippen molar-refractivity contribution in [2.24, 2.45) is 13.0 Å². The zero-order valence-corrected chi connectivity index (χ0v) is 20.2. The number of rotatable bonds is 3. The average molecular weight is 468 g/mol. The molecule has 6 rings (SSSR count). The van der Waals surface area contributed by atoms with Crippen molar-refractivity contribution in [2.75, 3.05) is 24.5 Å². The van der Waals surface area contributed by atoms with E-state index in [1.54, 1.807) is 0 Å². The first-order valence-corrected chi connectivity index (χ1v) is 12.4. The number of hydrogen-bond acceptors (Lipinski definition) is 5. The molecular weight excluding hydrogens is 438 g/mol. The summed E-state index contributed by atoms with van der Waals surface area (Å²) >= 11 is 0. The summed E-state index contributed by atoms with van der Waals surface area (Å²) in [5.41, 5.74) is 4.52. The number of aryl methyl sites for hydroxylation is 2. The summed E-state index contributed by atoms with van der Waals surface area (Å²) in [5, 5.41) is 15.1. The average Bonchev–Trinajstić information content (AvgIpc) is 3.61. The molecule has 35 heavy (non-hydrogen) atoms. The largest absolute Gasteiger partial charge is 0.355 e. The van der Waals surface area contributed by atoms with Crippen LogP contribution in [0.3, 0.4) is 0 Å². The molecule has 2 saturated heterocycles. The Morgan fingerprint density at radius 2 is 2.06 bits per heavy atom. The molecule has 8 nitrogen and oxygen atoms in total. The zero-order valence-electron chi connectivity index (χ0n) is 20.2. The van der Waals surface area contributed by atoms with Gasteiger partial charge in [-0.15, -0.1) is 0 Å². The van der Waals surface area contributed by atoms with E-state index in [0.717, 1.165) is 84.5 Å². The molecular formula is C27H29N7O. The molecule has 5 heterocycles. The molecule has 0 spiro atoms. The van der Waals surface area contributed by atoms with E-state index in [-0.39, 0.29) is 17.9 Å². The first kappa shape index (κ1) is 21.7. The van der Waals surface area contributed by atoms with Crippen molar-refractivity contribution >= 4 is 28.3 Å². The van der Waals surface area contributed by atoms with Crippen LogP contribution in [0.15, 0.2) is 42.7 Å². The highest BCUT2D eigenvalue weighted by atomic mass is 16.2.